The Morgan fingerprint density at radius 3 is 2.60 bits per heavy atom. The topological polar surface area (TPSA) is 81.4 Å². The van der Waals surface area contributed by atoms with Crippen molar-refractivity contribution in [3.63, 3.8) is 0 Å². The van der Waals surface area contributed by atoms with Crippen molar-refractivity contribution in [1.82, 2.24) is 0 Å². The zero-order valence-electron chi connectivity index (χ0n) is 11.8. The number of benzene rings is 1. The third-order valence-electron chi connectivity index (χ3n) is 2.93. The van der Waals surface area contributed by atoms with Gasteiger partial charge < -0.3 is 15.8 Å². The van der Waals surface area contributed by atoms with Crippen LogP contribution < -0.4 is 11.1 Å². The van der Waals surface area contributed by atoms with E-state index in [9.17, 15) is 9.59 Å². The molecule has 6 heteroatoms. The smallest absolute Gasteiger partial charge is 0.339 e. The number of methoxy groups -OCH3 is 1. The van der Waals surface area contributed by atoms with Crippen LogP contribution in [0.4, 0.5) is 5.69 Å². The fraction of sp³-hybridized carbons (Fsp3) is 0.429. The minimum atomic E-state index is -0.551. The molecule has 5 nitrogen and oxygen atoms in total. The van der Waals surface area contributed by atoms with E-state index in [0.29, 0.717) is 5.69 Å². The van der Waals surface area contributed by atoms with Gasteiger partial charge in [-0.25, -0.2) is 4.79 Å². The van der Waals surface area contributed by atoms with Crippen LogP contribution >= 0.6 is 11.6 Å². The molecular formula is C14H19ClN2O3. The molecule has 1 atom stereocenters. The average molecular weight is 299 g/mol. The summed E-state index contributed by atoms with van der Waals surface area (Å²) in [6, 6.07) is 4.43. The standard InChI is InChI=1S/C14H19ClN2O3/c1-8(2)12(16)7-13(18)17-9-4-5-11(15)10(6-9)14(19)20-3/h4-6,8,12H,7,16H2,1-3H3,(H,17,18). The highest BCUT2D eigenvalue weighted by Gasteiger charge is 2.15. The Morgan fingerprint density at radius 1 is 1.40 bits per heavy atom. The minimum absolute atomic E-state index is 0.204. The predicted molar refractivity (Wildman–Crippen MR) is 78.9 cm³/mol. The molecule has 0 fully saturated rings. The summed E-state index contributed by atoms with van der Waals surface area (Å²) in [6.45, 7) is 3.91. The summed E-state index contributed by atoms with van der Waals surface area (Å²) in [5.74, 6) is -0.536. The molecule has 110 valence electrons. The lowest BCUT2D eigenvalue weighted by Crippen LogP contribution is -2.31. The molecular weight excluding hydrogens is 280 g/mol. The fourth-order valence-corrected chi connectivity index (χ4v) is 1.73. The van der Waals surface area contributed by atoms with Gasteiger partial charge in [0.15, 0.2) is 0 Å². The predicted octanol–water partition coefficient (Wildman–Crippen LogP) is 2.44. The zero-order valence-corrected chi connectivity index (χ0v) is 12.5. The van der Waals surface area contributed by atoms with E-state index < -0.39 is 5.97 Å². The van der Waals surface area contributed by atoms with Gasteiger partial charge in [-0.15, -0.1) is 0 Å². The van der Waals surface area contributed by atoms with E-state index in [2.05, 4.69) is 10.1 Å². The van der Waals surface area contributed by atoms with Gasteiger partial charge in [-0.3, -0.25) is 4.79 Å². The molecule has 0 aliphatic heterocycles. The lowest BCUT2D eigenvalue weighted by atomic mass is 10.0. The Bertz CT molecular complexity index is 503. The van der Waals surface area contributed by atoms with Crippen molar-refractivity contribution in [1.29, 1.82) is 0 Å². The van der Waals surface area contributed by atoms with E-state index in [-0.39, 0.29) is 34.9 Å². The summed E-state index contributed by atoms with van der Waals surface area (Å²) in [5, 5.41) is 2.96. The summed E-state index contributed by atoms with van der Waals surface area (Å²) in [7, 11) is 1.27. The molecule has 0 aliphatic rings. The van der Waals surface area contributed by atoms with E-state index in [1.165, 1.54) is 19.2 Å². The summed E-state index contributed by atoms with van der Waals surface area (Å²) in [5.41, 5.74) is 6.53. The lowest BCUT2D eigenvalue weighted by Gasteiger charge is -2.15. The van der Waals surface area contributed by atoms with E-state index in [4.69, 9.17) is 17.3 Å². The Hall–Kier alpha value is -1.59. The van der Waals surface area contributed by atoms with Gasteiger partial charge in [0.05, 0.1) is 17.7 Å². The van der Waals surface area contributed by atoms with Crippen LogP contribution in [0.1, 0.15) is 30.6 Å². The first-order valence-corrected chi connectivity index (χ1v) is 6.66. The van der Waals surface area contributed by atoms with Crippen molar-refractivity contribution < 1.29 is 14.3 Å². The molecule has 1 amide bonds. The van der Waals surface area contributed by atoms with Crippen LogP contribution in [0.2, 0.25) is 5.02 Å². The highest BCUT2D eigenvalue weighted by atomic mass is 35.5. The number of halogens is 1. The van der Waals surface area contributed by atoms with Crippen LogP contribution in [-0.4, -0.2) is 25.0 Å². The highest BCUT2D eigenvalue weighted by Crippen LogP contribution is 2.21. The fourth-order valence-electron chi connectivity index (χ4n) is 1.53. The summed E-state index contributed by atoms with van der Waals surface area (Å²) in [6.07, 6.45) is 0.216. The number of amides is 1. The third-order valence-corrected chi connectivity index (χ3v) is 3.26. The molecule has 1 aromatic rings. The van der Waals surface area contributed by atoms with Crippen LogP contribution in [0.3, 0.4) is 0 Å². The molecule has 0 radical (unpaired) electrons. The van der Waals surface area contributed by atoms with Crippen molar-refractivity contribution in [2.24, 2.45) is 11.7 Å². The highest BCUT2D eigenvalue weighted by molar-refractivity contribution is 6.33. The molecule has 20 heavy (non-hydrogen) atoms. The molecule has 0 aromatic heterocycles. The quantitative estimate of drug-likeness (QED) is 0.818. The Labute approximate surface area is 123 Å². The second kappa shape index (κ2) is 7.26. The van der Waals surface area contributed by atoms with Gasteiger partial charge in [-0.2, -0.15) is 0 Å². The first kappa shape index (κ1) is 16.5. The largest absolute Gasteiger partial charge is 0.465 e. The number of carbonyl (C=O) groups excluding carboxylic acids is 2. The number of esters is 1. The Balaban J connectivity index is 2.78. The monoisotopic (exact) mass is 298 g/mol. The van der Waals surface area contributed by atoms with E-state index in [1.807, 2.05) is 13.8 Å². The van der Waals surface area contributed by atoms with Crippen molar-refractivity contribution in [3.05, 3.63) is 28.8 Å². The Morgan fingerprint density at radius 2 is 2.05 bits per heavy atom. The first-order chi connectivity index (χ1) is 9.35. The van der Waals surface area contributed by atoms with Crippen molar-refractivity contribution >= 4 is 29.2 Å². The van der Waals surface area contributed by atoms with Crippen LogP contribution in [-0.2, 0) is 9.53 Å². The summed E-state index contributed by atoms with van der Waals surface area (Å²) < 4.78 is 4.62. The second-order valence-corrected chi connectivity index (χ2v) is 5.25. The van der Waals surface area contributed by atoms with Crippen molar-refractivity contribution in [2.75, 3.05) is 12.4 Å². The molecule has 0 saturated heterocycles. The number of nitrogens with one attached hydrogen (secondary N) is 1. The minimum Gasteiger partial charge on any atom is -0.465 e. The van der Waals surface area contributed by atoms with E-state index >= 15 is 0 Å². The maximum atomic E-state index is 11.8. The lowest BCUT2D eigenvalue weighted by molar-refractivity contribution is -0.116. The van der Waals surface area contributed by atoms with Crippen LogP contribution in [0.15, 0.2) is 18.2 Å². The van der Waals surface area contributed by atoms with Gasteiger partial charge in [-0.1, -0.05) is 25.4 Å². The molecule has 0 saturated carbocycles. The average Bonchev–Trinajstić information content (AvgIpc) is 2.39. The molecule has 1 rings (SSSR count). The molecule has 1 unspecified atom stereocenters. The molecule has 0 aliphatic carbocycles. The summed E-state index contributed by atoms with van der Waals surface area (Å²) in [4.78, 5) is 23.3. The number of nitrogens with two attached hydrogens (primary N) is 1. The van der Waals surface area contributed by atoms with E-state index in [0.717, 1.165) is 0 Å². The normalized spacial score (nSPS) is 12.1. The number of anilines is 1. The number of rotatable bonds is 5. The van der Waals surface area contributed by atoms with Gasteiger partial charge in [0.2, 0.25) is 5.91 Å². The maximum absolute atomic E-state index is 11.8. The SMILES string of the molecule is COC(=O)c1cc(NC(=O)CC(N)C(C)C)ccc1Cl. The summed E-state index contributed by atoms with van der Waals surface area (Å²) >= 11 is 5.90. The number of hydrogen-bond acceptors (Lipinski definition) is 4. The molecule has 1 aromatic carbocycles. The molecule has 0 spiro atoms. The van der Waals surface area contributed by atoms with E-state index in [1.54, 1.807) is 6.07 Å². The first-order valence-electron chi connectivity index (χ1n) is 6.28. The zero-order chi connectivity index (χ0) is 15.3. The molecule has 0 heterocycles. The number of ether oxygens (including phenoxy) is 1. The number of hydrogen-bond donors (Lipinski definition) is 2. The van der Waals surface area contributed by atoms with Gasteiger partial charge in [0.1, 0.15) is 0 Å². The maximum Gasteiger partial charge on any atom is 0.339 e. The van der Waals surface area contributed by atoms with Gasteiger partial charge in [0.25, 0.3) is 0 Å². The third kappa shape index (κ3) is 4.51. The van der Waals surface area contributed by atoms with Gasteiger partial charge in [0, 0.05) is 18.2 Å². The van der Waals surface area contributed by atoms with Crippen molar-refractivity contribution in [3.8, 4) is 0 Å². The van der Waals surface area contributed by atoms with Crippen LogP contribution in [0.25, 0.3) is 0 Å². The van der Waals surface area contributed by atoms with Crippen molar-refractivity contribution in [2.45, 2.75) is 26.3 Å². The molecule has 3 N–H and O–H groups in total. The van der Waals surface area contributed by atoms with Gasteiger partial charge in [-0.05, 0) is 24.1 Å². The van der Waals surface area contributed by atoms with Crippen LogP contribution in [0.5, 0.6) is 0 Å². The van der Waals surface area contributed by atoms with Crippen LogP contribution in [0, 0.1) is 5.92 Å². The Kier molecular flexibility index (Phi) is 5.98. The second-order valence-electron chi connectivity index (χ2n) is 4.85. The van der Waals surface area contributed by atoms with Gasteiger partial charge >= 0.3 is 5.97 Å². The molecule has 0 bridgehead atoms. The number of carbonyl (C=O) groups is 2.